The Morgan fingerprint density at radius 2 is 1.00 bits per heavy atom. The molecule has 4 rings (SSSR count). The summed E-state index contributed by atoms with van der Waals surface area (Å²) in [4.78, 5) is 0. The molecule has 4 aromatic rings. The molecule has 1 unspecified atom stereocenters. The van der Waals surface area contributed by atoms with Crippen LogP contribution in [0.4, 0.5) is 0 Å². The van der Waals surface area contributed by atoms with E-state index in [0.717, 1.165) is 17.5 Å². The molecule has 0 amide bonds. The van der Waals surface area contributed by atoms with Crippen LogP contribution >= 0.6 is 0 Å². The molecule has 0 saturated carbocycles. The third-order valence-corrected chi connectivity index (χ3v) is 5.64. The Morgan fingerprint density at radius 3 is 1.45 bits per heavy atom. The fourth-order valence-electron chi connectivity index (χ4n) is 4.23. The van der Waals surface area contributed by atoms with Gasteiger partial charge in [0.25, 0.3) is 0 Å². The van der Waals surface area contributed by atoms with E-state index in [1.165, 1.54) is 11.1 Å². The molecule has 1 nitrogen and oxygen atoms in total. The summed E-state index contributed by atoms with van der Waals surface area (Å²) in [6.07, 6.45) is 0.780. The lowest BCUT2D eigenvalue weighted by Crippen LogP contribution is -2.35. The van der Waals surface area contributed by atoms with E-state index in [2.05, 4.69) is 78.9 Å². The standard InChI is InChI=1S/C28H23N/c29-22-28(25-17-9-3-10-18-25,26-19-11-4-12-20-26)27(24-15-7-2-8-16-24)21-23-13-5-1-6-14-23/h1-20,27H,21H2. The van der Waals surface area contributed by atoms with Crippen LogP contribution in [0.15, 0.2) is 121 Å². The summed E-state index contributed by atoms with van der Waals surface area (Å²) in [5, 5.41) is 10.7. The lowest BCUT2D eigenvalue weighted by atomic mass is 9.63. The van der Waals surface area contributed by atoms with Crippen molar-refractivity contribution >= 4 is 0 Å². The highest BCUT2D eigenvalue weighted by atomic mass is 14.5. The molecular weight excluding hydrogens is 350 g/mol. The first-order valence-corrected chi connectivity index (χ1v) is 9.96. The normalized spacial score (nSPS) is 12.1. The Kier molecular flexibility index (Phi) is 5.54. The summed E-state index contributed by atoms with van der Waals surface area (Å²) in [6, 6.07) is 44.1. The van der Waals surface area contributed by atoms with Gasteiger partial charge in [0.1, 0.15) is 5.41 Å². The third-order valence-electron chi connectivity index (χ3n) is 5.64. The van der Waals surface area contributed by atoms with E-state index in [-0.39, 0.29) is 5.92 Å². The molecule has 0 saturated heterocycles. The van der Waals surface area contributed by atoms with Gasteiger partial charge in [-0.2, -0.15) is 5.26 Å². The second-order valence-corrected chi connectivity index (χ2v) is 7.30. The Bertz CT molecular complexity index is 1030. The molecule has 29 heavy (non-hydrogen) atoms. The minimum atomic E-state index is -0.792. The molecule has 140 valence electrons. The Labute approximate surface area is 172 Å². The molecule has 0 spiro atoms. The summed E-state index contributed by atoms with van der Waals surface area (Å²) in [6.45, 7) is 0. The van der Waals surface area contributed by atoms with Crippen LogP contribution in [-0.4, -0.2) is 0 Å². The van der Waals surface area contributed by atoms with Gasteiger partial charge in [0.15, 0.2) is 0 Å². The molecule has 0 aliphatic rings. The lowest BCUT2D eigenvalue weighted by Gasteiger charge is -2.37. The monoisotopic (exact) mass is 373 g/mol. The van der Waals surface area contributed by atoms with Crippen LogP contribution in [0.5, 0.6) is 0 Å². The van der Waals surface area contributed by atoms with Crippen molar-refractivity contribution in [1.29, 1.82) is 5.26 Å². The molecular formula is C28H23N. The number of hydrogen-bond donors (Lipinski definition) is 0. The van der Waals surface area contributed by atoms with Crippen LogP contribution in [0, 0.1) is 11.3 Å². The summed E-state index contributed by atoms with van der Waals surface area (Å²) >= 11 is 0. The molecule has 0 aromatic heterocycles. The summed E-state index contributed by atoms with van der Waals surface area (Å²) < 4.78 is 0. The van der Waals surface area contributed by atoms with E-state index in [0.29, 0.717) is 0 Å². The first-order valence-electron chi connectivity index (χ1n) is 9.96. The van der Waals surface area contributed by atoms with E-state index in [9.17, 15) is 5.26 Å². The van der Waals surface area contributed by atoms with Crippen LogP contribution in [0.2, 0.25) is 0 Å². The van der Waals surface area contributed by atoms with Crippen LogP contribution in [0.1, 0.15) is 28.2 Å². The molecule has 1 atom stereocenters. The van der Waals surface area contributed by atoms with E-state index < -0.39 is 5.41 Å². The van der Waals surface area contributed by atoms with Gasteiger partial charge in [0.2, 0.25) is 0 Å². The number of nitriles is 1. The van der Waals surface area contributed by atoms with Gasteiger partial charge in [-0.25, -0.2) is 0 Å². The van der Waals surface area contributed by atoms with Gasteiger partial charge in [-0.15, -0.1) is 0 Å². The van der Waals surface area contributed by atoms with Gasteiger partial charge in [0.05, 0.1) is 6.07 Å². The molecule has 0 aliphatic carbocycles. The van der Waals surface area contributed by atoms with Crippen molar-refractivity contribution in [3.63, 3.8) is 0 Å². The van der Waals surface area contributed by atoms with Crippen molar-refractivity contribution in [3.8, 4) is 6.07 Å². The summed E-state index contributed by atoms with van der Waals surface area (Å²) in [5.74, 6) is -0.0269. The van der Waals surface area contributed by atoms with Crippen LogP contribution in [0.3, 0.4) is 0 Å². The smallest absolute Gasteiger partial charge is 0.114 e. The predicted molar refractivity (Wildman–Crippen MR) is 119 cm³/mol. The van der Waals surface area contributed by atoms with Gasteiger partial charge in [-0.3, -0.25) is 0 Å². The average molecular weight is 373 g/mol. The van der Waals surface area contributed by atoms with Crippen molar-refractivity contribution in [2.24, 2.45) is 0 Å². The Hall–Kier alpha value is -3.63. The fourth-order valence-corrected chi connectivity index (χ4v) is 4.23. The first kappa shape index (κ1) is 18.7. The summed E-state index contributed by atoms with van der Waals surface area (Å²) in [7, 11) is 0. The maximum absolute atomic E-state index is 10.7. The maximum atomic E-state index is 10.7. The molecule has 0 heterocycles. The van der Waals surface area contributed by atoms with Crippen molar-refractivity contribution in [1.82, 2.24) is 0 Å². The minimum absolute atomic E-state index is 0.0269. The van der Waals surface area contributed by atoms with Crippen LogP contribution in [-0.2, 0) is 11.8 Å². The van der Waals surface area contributed by atoms with E-state index in [1.54, 1.807) is 0 Å². The zero-order chi connectivity index (χ0) is 19.9. The van der Waals surface area contributed by atoms with Crippen LogP contribution in [0.25, 0.3) is 0 Å². The van der Waals surface area contributed by atoms with Crippen molar-refractivity contribution in [2.45, 2.75) is 17.8 Å². The molecule has 0 radical (unpaired) electrons. The fraction of sp³-hybridized carbons (Fsp3) is 0.107. The second-order valence-electron chi connectivity index (χ2n) is 7.30. The maximum Gasteiger partial charge on any atom is 0.114 e. The highest BCUT2D eigenvalue weighted by Gasteiger charge is 2.43. The van der Waals surface area contributed by atoms with Gasteiger partial charge < -0.3 is 0 Å². The molecule has 0 bridgehead atoms. The SMILES string of the molecule is N#CC(c1ccccc1)(c1ccccc1)C(Cc1ccccc1)c1ccccc1. The molecule has 0 N–H and O–H groups in total. The highest BCUT2D eigenvalue weighted by Crippen LogP contribution is 2.46. The largest absolute Gasteiger partial charge is 0.197 e. The highest BCUT2D eigenvalue weighted by molar-refractivity contribution is 5.51. The average Bonchev–Trinajstić information content (AvgIpc) is 2.82. The van der Waals surface area contributed by atoms with Gasteiger partial charge >= 0.3 is 0 Å². The zero-order valence-electron chi connectivity index (χ0n) is 16.3. The Balaban J connectivity index is 1.97. The molecule has 0 fully saturated rings. The molecule has 4 aromatic carbocycles. The van der Waals surface area contributed by atoms with Gasteiger partial charge in [-0.1, -0.05) is 121 Å². The van der Waals surface area contributed by atoms with E-state index in [1.807, 2.05) is 48.5 Å². The number of rotatable bonds is 6. The van der Waals surface area contributed by atoms with Crippen molar-refractivity contribution in [3.05, 3.63) is 144 Å². The quantitative estimate of drug-likeness (QED) is 0.377. The second kappa shape index (κ2) is 8.59. The van der Waals surface area contributed by atoms with Crippen molar-refractivity contribution < 1.29 is 0 Å². The van der Waals surface area contributed by atoms with E-state index >= 15 is 0 Å². The van der Waals surface area contributed by atoms with E-state index in [4.69, 9.17) is 0 Å². The number of benzene rings is 4. The van der Waals surface area contributed by atoms with Gasteiger partial charge in [-0.05, 0) is 28.7 Å². The number of nitrogens with zero attached hydrogens (tertiary/aromatic N) is 1. The first-order chi connectivity index (χ1) is 14.3. The topological polar surface area (TPSA) is 23.8 Å². The predicted octanol–water partition coefficient (Wildman–Crippen LogP) is 6.52. The Morgan fingerprint density at radius 1 is 0.586 bits per heavy atom. The van der Waals surface area contributed by atoms with Crippen LogP contribution < -0.4 is 0 Å². The van der Waals surface area contributed by atoms with Crippen molar-refractivity contribution in [2.75, 3.05) is 0 Å². The van der Waals surface area contributed by atoms with Gasteiger partial charge in [0, 0.05) is 5.92 Å². The number of hydrogen-bond acceptors (Lipinski definition) is 1. The minimum Gasteiger partial charge on any atom is -0.197 e. The molecule has 0 aliphatic heterocycles. The zero-order valence-corrected chi connectivity index (χ0v) is 16.3. The lowest BCUT2D eigenvalue weighted by molar-refractivity contribution is 0.501. The summed E-state index contributed by atoms with van der Waals surface area (Å²) in [5.41, 5.74) is 3.66. The molecule has 1 heteroatoms. The third kappa shape index (κ3) is 3.71.